The van der Waals surface area contributed by atoms with Gasteiger partial charge in [0.2, 0.25) is 0 Å². The van der Waals surface area contributed by atoms with E-state index in [2.05, 4.69) is 216 Å². The predicted molar refractivity (Wildman–Crippen MR) is 376 cm³/mol. The third kappa shape index (κ3) is 11.4. The summed E-state index contributed by atoms with van der Waals surface area (Å²) in [5, 5.41) is 0.735. The molecule has 0 saturated heterocycles. The van der Waals surface area contributed by atoms with Crippen LogP contribution >= 0.6 is 0 Å². The first-order chi connectivity index (χ1) is 45.8. The van der Waals surface area contributed by atoms with Gasteiger partial charge in [-0.05, 0) is 148 Å². The molecule has 0 bridgehead atoms. The summed E-state index contributed by atoms with van der Waals surface area (Å²) in [7, 11) is 0. The molecule has 0 fully saturated rings. The first-order valence-corrected chi connectivity index (χ1v) is 31.2. The molecule has 90 heavy (non-hydrogen) atoms. The van der Waals surface area contributed by atoms with Gasteiger partial charge in [0, 0.05) is 78.0 Å². The molecule has 13 rings (SSSR count). The molecule has 5 nitrogen and oxygen atoms in total. The van der Waals surface area contributed by atoms with Crippen LogP contribution < -0.4 is 14.5 Å². The van der Waals surface area contributed by atoms with Gasteiger partial charge in [0.1, 0.15) is 5.82 Å². The number of ether oxygens (including phenoxy) is 1. The number of rotatable bonds is 9. The minimum absolute atomic E-state index is 0. The van der Waals surface area contributed by atoms with Crippen molar-refractivity contribution in [3.63, 3.8) is 0 Å². The number of hydrogen-bond acceptors (Lipinski definition) is 4. The van der Waals surface area contributed by atoms with Crippen molar-refractivity contribution < 1.29 is 38.1 Å². The topological polar surface area (TPSA) is 33.5 Å². The number of anilines is 4. The molecule has 6 heteroatoms. The SMILES string of the molecule is [2H]c1c([2H])c([2H])c(-c2cnc(-n3c4[c-]c(Oc5[c-]c(N6[CH-]N(c7c(-c8ccc(-c9ccc(C(C)(C)C)cc9C(C)(C)C)cc8)cc(C(C)(C)C)cc7-c7ccc8c(c7)C(C)(C)CCC8(C)C)c7ccccc76)ccc5)ccc4c4c([2H])c([2H])c([2H])c([2H])c43)cc2C(C)(C)C)c([2H])c1[2H].[Pt]. The summed E-state index contributed by atoms with van der Waals surface area (Å²) < 4.78 is 87.9. The van der Waals surface area contributed by atoms with Crippen molar-refractivity contribution in [1.29, 1.82) is 0 Å². The summed E-state index contributed by atoms with van der Waals surface area (Å²) >= 11 is 0. The second-order valence-corrected chi connectivity index (χ2v) is 29.9. The van der Waals surface area contributed by atoms with Crippen LogP contribution in [0.5, 0.6) is 11.5 Å². The molecule has 3 heterocycles. The summed E-state index contributed by atoms with van der Waals surface area (Å²) in [6.07, 6.45) is 3.68. The van der Waals surface area contributed by atoms with Crippen LogP contribution in [0.15, 0.2) is 194 Å². The summed E-state index contributed by atoms with van der Waals surface area (Å²) in [5.74, 6) is 0.916. The Morgan fingerprint density at radius 2 is 1.08 bits per heavy atom. The Morgan fingerprint density at radius 1 is 0.489 bits per heavy atom. The largest absolute Gasteiger partial charge is 0.509 e. The van der Waals surface area contributed by atoms with E-state index < -0.39 is 35.6 Å². The number of nitrogens with zero attached hydrogens (tertiary/aromatic N) is 4. The van der Waals surface area contributed by atoms with E-state index in [-0.39, 0.29) is 100 Å². The van der Waals surface area contributed by atoms with E-state index in [1.54, 1.807) is 22.8 Å². The molecule has 0 amide bonds. The molecule has 0 saturated carbocycles. The molecule has 1 aliphatic carbocycles. The van der Waals surface area contributed by atoms with E-state index in [0.29, 0.717) is 33.5 Å². The van der Waals surface area contributed by atoms with Crippen LogP contribution in [0.1, 0.15) is 169 Å². The molecule has 460 valence electrons. The molecule has 2 aliphatic rings. The van der Waals surface area contributed by atoms with Crippen LogP contribution in [0.25, 0.3) is 72.1 Å². The minimum Gasteiger partial charge on any atom is -0.509 e. The molecule has 0 unspecified atom stereocenters. The van der Waals surface area contributed by atoms with E-state index in [9.17, 15) is 2.74 Å². The van der Waals surface area contributed by atoms with Crippen LogP contribution in [0.4, 0.5) is 22.7 Å². The van der Waals surface area contributed by atoms with Crippen LogP contribution in [-0.2, 0) is 53.6 Å². The van der Waals surface area contributed by atoms with Crippen molar-refractivity contribution in [2.75, 3.05) is 9.80 Å². The second kappa shape index (κ2) is 22.7. The molecule has 2 aromatic heterocycles. The van der Waals surface area contributed by atoms with Crippen molar-refractivity contribution in [2.24, 2.45) is 0 Å². The molecule has 0 radical (unpaired) electrons. The Kier molecular flexibility index (Phi) is 13.1. The number of aromatic nitrogens is 2. The predicted octanol–water partition coefficient (Wildman–Crippen LogP) is 23.2. The maximum Gasteiger partial charge on any atom is 0.135 e. The first kappa shape index (κ1) is 51.7. The maximum absolute atomic E-state index is 9.36. The number of para-hydroxylation sites is 3. The van der Waals surface area contributed by atoms with E-state index in [4.69, 9.17) is 19.3 Å². The Labute approximate surface area is 563 Å². The third-order valence-corrected chi connectivity index (χ3v) is 18.4. The van der Waals surface area contributed by atoms with E-state index >= 15 is 0 Å². The second-order valence-electron chi connectivity index (χ2n) is 29.9. The molecule has 0 atom stereocenters. The van der Waals surface area contributed by atoms with Crippen molar-refractivity contribution in [1.82, 2.24) is 9.55 Å². The number of fused-ring (bicyclic) bond motifs is 5. The summed E-state index contributed by atoms with van der Waals surface area (Å²) in [4.78, 5) is 9.40. The number of hydrogen-bond donors (Lipinski definition) is 0. The molecule has 0 spiro atoms. The number of benzene rings is 9. The van der Waals surface area contributed by atoms with Gasteiger partial charge in [-0.2, -0.15) is 12.1 Å². The molecule has 11 aromatic rings. The zero-order chi connectivity index (χ0) is 70.6. The van der Waals surface area contributed by atoms with Crippen LogP contribution in [0.2, 0.25) is 0 Å². The first-order valence-electron chi connectivity index (χ1n) is 35.7. The average Bonchev–Trinajstić information content (AvgIpc) is 1.60. The normalized spacial score (nSPS) is 16.2. The van der Waals surface area contributed by atoms with Gasteiger partial charge in [-0.3, -0.25) is 0 Å². The quantitative estimate of drug-likeness (QED) is 0.135. The van der Waals surface area contributed by atoms with Crippen LogP contribution in [0.3, 0.4) is 0 Å². The maximum atomic E-state index is 9.36. The minimum atomic E-state index is -0.682. The van der Waals surface area contributed by atoms with E-state index in [1.807, 2.05) is 39.0 Å². The summed E-state index contributed by atoms with van der Waals surface area (Å²) in [6.45, 7) is 38.2. The zero-order valence-electron chi connectivity index (χ0n) is 63.8. The van der Waals surface area contributed by atoms with Gasteiger partial charge in [-0.25, -0.2) is 4.98 Å². The Balaban J connectivity index is 0.00000931. The fourth-order valence-corrected chi connectivity index (χ4v) is 13.2. The molecule has 0 N–H and O–H groups in total. The molecule has 1 aliphatic heterocycles. The van der Waals surface area contributed by atoms with Gasteiger partial charge in [-0.1, -0.05) is 237 Å². The standard InChI is InChI=1S/C84H85N4O.Pt/c1-79(2,3)58-38-40-63(70(48-58)81(7,8)9)55-33-35-56(36-34-55)66-46-59(80(4,5)6)47-67(57-37-42-69-72(45-57)84(15,16)44-43-83(69,13)14)78(66)87-53-86(74-31-22-23-32-75(74)87)60-27-24-28-61(49-60)89-62-39-41-65-64-29-20-21-30-73(64)88(76(65)50-62)77-51-71(82(10,11)12)68(52-85-77)54-25-18-17-19-26-54;/h17-42,45-48,51-53H,43-44H2,1-16H3;/q-3;/i17D,18D,19D,20D,21D,25D,26D,29D,30D;. The Bertz CT molecular complexity index is 5070. The van der Waals surface area contributed by atoms with Crippen molar-refractivity contribution in [2.45, 2.75) is 156 Å². The Hall–Kier alpha value is -7.98. The van der Waals surface area contributed by atoms with E-state index in [0.717, 1.165) is 57.7 Å². The molecular weight excluding hydrogens is 1280 g/mol. The number of pyridine rings is 1. The van der Waals surface area contributed by atoms with Gasteiger partial charge in [-0.15, -0.1) is 48.1 Å². The monoisotopic (exact) mass is 1370 g/mol. The van der Waals surface area contributed by atoms with Crippen LogP contribution in [0, 0.1) is 18.8 Å². The van der Waals surface area contributed by atoms with Crippen molar-refractivity contribution in [3.05, 3.63) is 246 Å². The molecule has 9 aromatic carbocycles. The van der Waals surface area contributed by atoms with Crippen molar-refractivity contribution in [3.8, 4) is 61.8 Å². The molecular formula is C84H85N4OPt-3. The smallest absolute Gasteiger partial charge is 0.135 e. The fraction of sp³-hybridized carbons (Fsp3) is 0.286. The van der Waals surface area contributed by atoms with Crippen LogP contribution in [-0.4, -0.2) is 9.55 Å². The van der Waals surface area contributed by atoms with Gasteiger partial charge in [0.05, 0.1) is 12.3 Å². The van der Waals surface area contributed by atoms with Gasteiger partial charge < -0.3 is 19.1 Å². The fourth-order valence-electron chi connectivity index (χ4n) is 13.2. The zero-order valence-corrected chi connectivity index (χ0v) is 57.1. The van der Waals surface area contributed by atoms with Gasteiger partial charge in [0.25, 0.3) is 0 Å². The van der Waals surface area contributed by atoms with Gasteiger partial charge in [0.15, 0.2) is 0 Å². The van der Waals surface area contributed by atoms with Gasteiger partial charge >= 0.3 is 0 Å². The van der Waals surface area contributed by atoms with E-state index in [1.165, 1.54) is 39.6 Å². The third-order valence-electron chi connectivity index (χ3n) is 18.4. The summed E-state index contributed by atoms with van der Waals surface area (Å²) in [6, 6.07) is 51.3. The van der Waals surface area contributed by atoms with Crippen molar-refractivity contribution >= 4 is 44.6 Å². The summed E-state index contributed by atoms with van der Waals surface area (Å²) in [5.41, 5.74) is 17.6. The average molecular weight is 1370 g/mol. The Morgan fingerprint density at radius 3 is 1.74 bits per heavy atom.